The SMILES string of the molecule is COc1cn(-c2ccccc2)nc1C(=O)O[C@@H](C)C(=O)Nc1ccccc1. The Hall–Kier alpha value is -3.61. The summed E-state index contributed by atoms with van der Waals surface area (Å²) < 4.78 is 12.0. The van der Waals surface area contributed by atoms with E-state index >= 15 is 0 Å². The molecule has 0 unspecified atom stereocenters. The second-order valence-corrected chi connectivity index (χ2v) is 5.73. The van der Waals surface area contributed by atoms with Crippen molar-refractivity contribution in [3.63, 3.8) is 0 Å². The minimum absolute atomic E-state index is 0.000661. The van der Waals surface area contributed by atoms with Crippen molar-refractivity contribution in [3.05, 3.63) is 72.6 Å². The molecular weight excluding hydrogens is 346 g/mol. The monoisotopic (exact) mass is 365 g/mol. The van der Waals surface area contributed by atoms with Crippen LogP contribution in [0.2, 0.25) is 0 Å². The van der Waals surface area contributed by atoms with Gasteiger partial charge in [0.1, 0.15) is 0 Å². The molecule has 0 fully saturated rings. The van der Waals surface area contributed by atoms with Crippen molar-refractivity contribution in [2.45, 2.75) is 13.0 Å². The number of hydrogen-bond acceptors (Lipinski definition) is 5. The van der Waals surface area contributed by atoms with Crippen LogP contribution in [0, 0.1) is 0 Å². The lowest BCUT2D eigenvalue weighted by molar-refractivity contribution is -0.123. The van der Waals surface area contributed by atoms with Crippen molar-refractivity contribution in [1.82, 2.24) is 9.78 Å². The molecule has 0 aliphatic rings. The molecule has 1 amide bonds. The number of hydrogen-bond donors (Lipinski definition) is 1. The van der Waals surface area contributed by atoms with E-state index in [1.165, 1.54) is 18.7 Å². The van der Waals surface area contributed by atoms with E-state index in [-0.39, 0.29) is 11.4 Å². The number of carbonyl (C=O) groups is 2. The van der Waals surface area contributed by atoms with Gasteiger partial charge in [-0.2, -0.15) is 5.10 Å². The highest BCUT2D eigenvalue weighted by atomic mass is 16.6. The molecule has 1 heterocycles. The molecule has 27 heavy (non-hydrogen) atoms. The van der Waals surface area contributed by atoms with Gasteiger partial charge in [-0.3, -0.25) is 4.79 Å². The topological polar surface area (TPSA) is 82.5 Å². The van der Waals surface area contributed by atoms with Crippen LogP contribution in [0.4, 0.5) is 5.69 Å². The number of esters is 1. The zero-order valence-electron chi connectivity index (χ0n) is 15.0. The first-order valence-electron chi connectivity index (χ1n) is 8.34. The molecule has 2 aromatic carbocycles. The molecule has 3 rings (SSSR count). The Balaban J connectivity index is 1.72. The summed E-state index contributed by atoms with van der Waals surface area (Å²) in [6.07, 6.45) is 0.588. The third-order valence-electron chi connectivity index (χ3n) is 3.81. The Morgan fingerprint density at radius 3 is 2.30 bits per heavy atom. The number of benzene rings is 2. The molecule has 7 nitrogen and oxygen atoms in total. The normalized spacial score (nSPS) is 11.5. The van der Waals surface area contributed by atoms with Gasteiger partial charge in [0, 0.05) is 5.69 Å². The fraction of sp³-hybridized carbons (Fsp3) is 0.150. The first-order valence-corrected chi connectivity index (χ1v) is 8.34. The van der Waals surface area contributed by atoms with Gasteiger partial charge in [0.25, 0.3) is 5.91 Å². The molecule has 0 radical (unpaired) electrons. The van der Waals surface area contributed by atoms with Crippen LogP contribution in [0.15, 0.2) is 66.9 Å². The number of aromatic nitrogens is 2. The number of methoxy groups -OCH3 is 1. The number of anilines is 1. The van der Waals surface area contributed by atoms with Gasteiger partial charge in [-0.05, 0) is 31.2 Å². The van der Waals surface area contributed by atoms with Crippen molar-refractivity contribution in [1.29, 1.82) is 0 Å². The average molecular weight is 365 g/mol. The van der Waals surface area contributed by atoms with E-state index in [4.69, 9.17) is 9.47 Å². The number of para-hydroxylation sites is 2. The summed E-state index contributed by atoms with van der Waals surface area (Å²) in [5.74, 6) is -0.909. The van der Waals surface area contributed by atoms with E-state index in [1.807, 2.05) is 36.4 Å². The predicted molar refractivity (Wildman–Crippen MR) is 100 cm³/mol. The van der Waals surface area contributed by atoms with Crippen LogP contribution < -0.4 is 10.1 Å². The maximum Gasteiger partial charge on any atom is 0.363 e. The highest BCUT2D eigenvalue weighted by Gasteiger charge is 2.24. The van der Waals surface area contributed by atoms with Crippen LogP contribution in [-0.4, -0.2) is 34.9 Å². The molecule has 0 spiro atoms. The van der Waals surface area contributed by atoms with Gasteiger partial charge >= 0.3 is 5.97 Å². The zero-order chi connectivity index (χ0) is 19.2. The molecule has 0 aliphatic heterocycles. The fourth-order valence-corrected chi connectivity index (χ4v) is 2.40. The quantitative estimate of drug-likeness (QED) is 0.679. The van der Waals surface area contributed by atoms with Gasteiger partial charge in [-0.15, -0.1) is 0 Å². The lowest BCUT2D eigenvalue weighted by Gasteiger charge is -2.13. The molecule has 7 heteroatoms. The zero-order valence-corrected chi connectivity index (χ0v) is 15.0. The minimum Gasteiger partial charge on any atom is -0.493 e. The molecule has 0 saturated heterocycles. The summed E-state index contributed by atoms with van der Waals surface area (Å²) in [5, 5.41) is 6.92. The van der Waals surface area contributed by atoms with Gasteiger partial charge in [0.15, 0.2) is 11.9 Å². The predicted octanol–water partition coefficient (Wildman–Crippen LogP) is 3.06. The molecule has 0 bridgehead atoms. The molecule has 0 saturated carbocycles. The Morgan fingerprint density at radius 1 is 1.04 bits per heavy atom. The largest absolute Gasteiger partial charge is 0.493 e. The van der Waals surface area contributed by atoms with Crippen molar-refractivity contribution >= 4 is 17.6 Å². The fourth-order valence-electron chi connectivity index (χ4n) is 2.40. The number of ether oxygens (including phenoxy) is 2. The van der Waals surface area contributed by atoms with Crippen LogP contribution in [-0.2, 0) is 9.53 Å². The van der Waals surface area contributed by atoms with Gasteiger partial charge in [0.2, 0.25) is 5.69 Å². The Morgan fingerprint density at radius 2 is 1.67 bits per heavy atom. The molecule has 0 aliphatic carbocycles. The number of carbonyl (C=O) groups excluding carboxylic acids is 2. The lowest BCUT2D eigenvalue weighted by Crippen LogP contribution is -2.30. The number of nitrogens with one attached hydrogen (secondary N) is 1. The highest BCUT2D eigenvalue weighted by molar-refractivity contribution is 5.97. The first-order chi connectivity index (χ1) is 13.1. The van der Waals surface area contributed by atoms with Gasteiger partial charge in [-0.1, -0.05) is 36.4 Å². The van der Waals surface area contributed by atoms with Gasteiger partial charge in [0.05, 0.1) is 19.0 Å². The standard InChI is InChI=1S/C20H19N3O4/c1-14(19(24)21-15-9-5-3-6-10-15)27-20(25)18-17(26-2)13-23(22-18)16-11-7-4-8-12-16/h3-14H,1-2H3,(H,21,24)/t14-/m0/s1. The van der Waals surface area contributed by atoms with Crippen molar-refractivity contribution in [3.8, 4) is 11.4 Å². The summed E-state index contributed by atoms with van der Waals surface area (Å²) >= 11 is 0. The van der Waals surface area contributed by atoms with E-state index in [0.29, 0.717) is 5.69 Å². The smallest absolute Gasteiger partial charge is 0.363 e. The summed E-state index contributed by atoms with van der Waals surface area (Å²) in [6, 6.07) is 18.2. The molecule has 1 N–H and O–H groups in total. The summed E-state index contributed by atoms with van der Waals surface area (Å²) in [6.45, 7) is 1.50. The molecular formula is C20H19N3O4. The van der Waals surface area contributed by atoms with Gasteiger partial charge < -0.3 is 14.8 Å². The van der Waals surface area contributed by atoms with E-state index in [9.17, 15) is 9.59 Å². The van der Waals surface area contributed by atoms with Crippen LogP contribution in [0.5, 0.6) is 5.75 Å². The van der Waals surface area contributed by atoms with E-state index in [1.54, 1.807) is 30.5 Å². The maximum atomic E-state index is 12.5. The van der Waals surface area contributed by atoms with Gasteiger partial charge in [-0.25, -0.2) is 9.48 Å². The van der Waals surface area contributed by atoms with E-state index in [0.717, 1.165) is 5.69 Å². The van der Waals surface area contributed by atoms with Crippen LogP contribution >= 0.6 is 0 Å². The second-order valence-electron chi connectivity index (χ2n) is 5.73. The van der Waals surface area contributed by atoms with Crippen LogP contribution in [0.1, 0.15) is 17.4 Å². The molecule has 3 aromatic rings. The highest BCUT2D eigenvalue weighted by Crippen LogP contribution is 2.21. The van der Waals surface area contributed by atoms with E-state index < -0.39 is 18.0 Å². The van der Waals surface area contributed by atoms with Crippen LogP contribution in [0.25, 0.3) is 5.69 Å². The summed E-state index contributed by atoms with van der Waals surface area (Å²) in [5.41, 5.74) is 1.39. The summed E-state index contributed by atoms with van der Waals surface area (Å²) in [7, 11) is 1.44. The number of nitrogens with zero attached hydrogens (tertiary/aromatic N) is 2. The summed E-state index contributed by atoms with van der Waals surface area (Å²) in [4.78, 5) is 24.7. The molecule has 1 atom stereocenters. The lowest BCUT2D eigenvalue weighted by atomic mass is 10.3. The molecule has 138 valence electrons. The Labute approximate surface area is 156 Å². The second kappa shape index (κ2) is 8.18. The Bertz CT molecular complexity index is 923. The molecule has 1 aromatic heterocycles. The third kappa shape index (κ3) is 4.33. The van der Waals surface area contributed by atoms with Crippen molar-refractivity contribution < 1.29 is 19.1 Å². The third-order valence-corrected chi connectivity index (χ3v) is 3.81. The maximum absolute atomic E-state index is 12.5. The first kappa shape index (κ1) is 18.2. The minimum atomic E-state index is -0.996. The van der Waals surface area contributed by atoms with E-state index in [2.05, 4.69) is 10.4 Å². The van der Waals surface area contributed by atoms with Crippen LogP contribution in [0.3, 0.4) is 0 Å². The number of amides is 1. The average Bonchev–Trinajstić information content (AvgIpc) is 3.14. The van der Waals surface area contributed by atoms with Crippen molar-refractivity contribution in [2.75, 3.05) is 12.4 Å². The van der Waals surface area contributed by atoms with Crippen molar-refractivity contribution in [2.24, 2.45) is 0 Å². The number of rotatable bonds is 6. The Kier molecular flexibility index (Phi) is 5.51.